The second-order valence-electron chi connectivity index (χ2n) is 14.1. The van der Waals surface area contributed by atoms with E-state index < -0.39 is 65.9 Å². The monoisotopic (exact) mass is 871 g/mol. The number of benzene rings is 3. The highest BCUT2D eigenvalue weighted by Gasteiger charge is 2.27. The number of carbonyl (C=O) groups excluding carboxylic acids is 5. The zero-order valence-electron chi connectivity index (χ0n) is 33.1. The number of carbonyl (C=O) groups is 6. The smallest absolute Gasteiger partial charge is 0.339 e. The normalized spacial score (nSPS) is 15.2. The van der Waals surface area contributed by atoms with Gasteiger partial charge in [0.2, 0.25) is 5.91 Å². The van der Waals surface area contributed by atoms with Crippen molar-refractivity contribution in [2.75, 3.05) is 21.3 Å². The lowest BCUT2D eigenvalue weighted by molar-refractivity contribution is -0.118. The lowest BCUT2D eigenvalue weighted by atomic mass is 9.99. The van der Waals surface area contributed by atoms with Crippen LogP contribution in [0.4, 0.5) is 22.7 Å². The molecule has 7 rings (SSSR count). The lowest BCUT2D eigenvalue weighted by Gasteiger charge is -2.18. The van der Waals surface area contributed by atoms with Crippen LogP contribution in [0, 0.1) is 0 Å². The minimum atomic E-state index is -1.47. The summed E-state index contributed by atoms with van der Waals surface area (Å²) < 4.78 is 0. The number of hydrogen-bond donors (Lipinski definition) is 12. The number of aliphatic hydroxyl groups is 2. The first-order chi connectivity index (χ1) is 30.8. The standard InChI is InChI=1S/C42H37N11O11/c54-17-27-30(11-7-25(35(27)56)39(60)49-29-12-8-26(42(63)64)36(57)28(29)18-55)50-40(61)32-10-6-23(15-43-32)48-41(62)34(14-24-16-46-53-52-24)51-37(58)20-1-4-22(5-2-20)47-38(59)21-3-9-31-33(13-21)45-19-44-31/h1-13,15-16,19,31,33-34,54-57H,14,17-18H2,(H,44,45)(H,47,59)(H,48,62)(H,49,60)(H,50,61)(H,51,58)(H,63,64)(H,46,52,53)/t31?,33?,34-/m0/s1. The van der Waals surface area contributed by atoms with Crippen molar-refractivity contribution in [3.8, 4) is 11.5 Å². The summed E-state index contributed by atoms with van der Waals surface area (Å²) in [5.41, 5.74) is -0.214. The molecule has 2 unspecified atom stereocenters. The highest BCUT2D eigenvalue weighted by molar-refractivity contribution is 6.09. The molecule has 0 saturated heterocycles. The van der Waals surface area contributed by atoms with E-state index in [-0.39, 0.29) is 69.4 Å². The highest BCUT2D eigenvalue weighted by Crippen LogP contribution is 2.34. The van der Waals surface area contributed by atoms with Crippen molar-refractivity contribution in [1.29, 1.82) is 0 Å². The van der Waals surface area contributed by atoms with Crippen molar-refractivity contribution in [3.05, 3.63) is 136 Å². The van der Waals surface area contributed by atoms with E-state index in [1.807, 2.05) is 6.08 Å². The number of anilines is 4. The first kappa shape index (κ1) is 43.3. The maximum atomic E-state index is 13.5. The van der Waals surface area contributed by atoms with Crippen LogP contribution in [0.15, 0.2) is 102 Å². The molecule has 0 fully saturated rings. The Morgan fingerprint density at radius 2 is 1.39 bits per heavy atom. The largest absolute Gasteiger partial charge is 0.507 e. The zero-order chi connectivity index (χ0) is 45.5. The second-order valence-corrected chi connectivity index (χ2v) is 14.1. The molecule has 5 aromatic rings. The average molecular weight is 872 g/mol. The number of rotatable bonds is 15. The van der Waals surface area contributed by atoms with E-state index in [1.54, 1.807) is 30.6 Å². The molecule has 3 atom stereocenters. The van der Waals surface area contributed by atoms with E-state index in [1.165, 1.54) is 42.7 Å². The van der Waals surface area contributed by atoms with Crippen LogP contribution in [0.5, 0.6) is 11.5 Å². The third-order valence-electron chi connectivity index (χ3n) is 10.00. The molecular formula is C42H37N11O11. The Morgan fingerprint density at radius 3 is 2.03 bits per heavy atom. The van der Waals surface area contributed by atoms with Crippen molar-refractivity contribution >= 4 is 64.6 Å². The number of aliphatic imine (C=N–C) groups is 1. The Kier molecular flexibility index (Phi) is 12.8. The molecule has 12 N–H and O–H groups in total. The molecular weight excluding hydrogens is 835 g/mol. The predicted octanol–water partition coefficient (Wildman–Crippen LogP) is 1.58. The number of aromatic carboxylic acids is 1. The minimum Gasteiger partial charge on any atom is -0.507 e. The predicted molar refractivity (Wildman–Crippen MR) is 227 cm³/mol. The van der Waals surface area contributed by atoms with Gasteiger partial charge in [-0.1, -0.05) is 12.2 Å². The lowest BCUT2D eigenvalue weighted by Crippen LogP contribution is -2.45. The van der Waals surface area contributed by atoms with Crippen LogP contribution in [0.3, 0.4) is 0 Å². The number of fused-ring (bicyclic) bond motifs is 1. The molecule has 5 amide bonds. The van der Waals surface area contributed by atoms with Gasteiger partial charge in [-0.3, -0.25) is 29.0 Å². The summed E-state index contributed by atoms with van der Waals surface area (Å²) in [5, 5.41) is 76.4. The fourth-order valence-electron chi connectivity index (χ4n) is 6.61. The molecule has 0 bridgehead atoms. The third kappa shape index (κ3) is 9.57. The summed E-state index contributed by atoms with van der Waals surface area (Å²) in [6.07, 6.45) is 9.43. The zero-order valence-corrected chi connectivity index (χ0v) is 33.1. The molecule has 3 heterocycles. The Labute approximate surface area is 360 Å². The molecule has 0 saturated carbocycles. The Bertz CT molecular complexity index is 2740. The van der Waals surface area contributed by atoms with Crippen LogP contribution >= 0.6 is 0 Å². The van der Waals surface area contributed by atoms with Gasteiger partial charge in [0.25, 0.3) is 23.6 Å². The van der Waals surface area contributed by atoms with Crippen LogP contribution in [-0.4, -0.2) is 106 Å². The van der Waals surface area contributed by atoms with Gasteiger partial charge >= 0.3 is 5.97 Å². The van der Waals surface area contributed by atoms with E-state index in [4.69, 9.17) is 0 Å². The van der Waals surface area contributed by atoms with Crippen LogP contribution in [0.1, 0.15) is 58.4 Å². The van der Waals surface area contributed by atoms with Gasteiger partial charge in [0, 0.05) is 34.4 Å². The molecule has 2 aliphatic rings. The van der Waals surface area contributed by atoms with Gasteiger partial charge in [0.1, 0.15) is 28.8 Å². The van der Waals surface area contributed by atoms with E-state index in [0.29, 0.717) is 17.0 Å². The van der Waals surface area contributed by atoms with Gasteiger partial charge in [-0.2, -0.15) is 15.4 Å². The first-order valence-electron chi connectivity index (χ1n) is 19.1. The summed E-state index contributed by atoms with van der Waals surface area (Å²) in [5.74, 6) is -6.31. The number of hydrogen-bond acceptors (Lipinski definition) is 15. The summed E-state index contributed by atoms with van der Waals surface area (Å²) in [4.78, 5) is 85.8. The molecule has 1 aliphatic heterocycles. The van der Waals surface area contributed by atoms with Crippen molar-refractivity contribution in [1.82, 2.24) is 31.0 Å². The fraction of sp³-hybridized carbons (Fsp3) is 0.143. The molecule has 22 nitrogen and oxygen atoms in total. The molecule has 64 heavy (non-hydrogen) atoms. The van der Waals surface area contributed by atoms with E-state index in [9.17, 15) is 54.3 Å². The number of phenols is 2. The van der Waals surface area contributed by atoms with Crippen molar-refractivity contribution < 1.29 is 54.3 Å². The van der Waals surface area contributed by atoms with Gasteiger partial charge in [-0.25, -0.2) is 9.78 Å². The summed E-state index contributed by atoms with van der Waals surface area (Å²) in [6.45, 7) is -1.67. The van der Waals surface area contributed by atoms with Gasteiger partial charge in [-0.05, 0) is 66.7 Å². The second kappa shape index (κ2) is 18.9. The average Bonchev–Trinajstić information content (AvgIpc) is 3.99. The number of nitrogens with zero attached hydrogens (tertiary/aromatic N) is 4. The first-order valence-corrected chi connectivity index (χ1v) is 19.1. The Morgan fingerprint density at radius 1 is 0.719 bits per heavy atom. The molecule has 0 radical (unpaired) electrons. The number of pyridine rings is 1. The summed E-state index contributed by atoms with van der Waals surface area (Å²) in [7, 11) is 0. The van der Waals surface area contributed by atoms with Crippen molar-refractivity contribution in [2.45, 2.75) is 37.8 Å². The van der Waals surface area contributed by atoms with Crippen LogP contribution in [0.25, 0.3) is 0 Å². The number of aromatic amines is 1. The van der Waals surface area contributed by atoms with Crippen LogP contribution in [-0.2, 0) is 29.2 Å². The fourth-order valence-corrected chi connectivity index (χ4v) is 6.61. The number of aliphatic hydroxyl groups excluding tert-OH is 2. The van der Waals surface area contributed by atoms with Crippen LogP contribution < -0.4 is 31.9 Å². The number of carboxylic acid groups (broad SMARTS) is 1. The molecule has 1 aliphatic carbocycles. The third-order valence-corrected chi connectivity index (χ3v) is 10.00. The molecule has 22 heteroatoms. The van der Waals surface area contributed by atoms with E-state index >= 15 is 0 Å². The highest BCUT2D eigenvalue weighted by atomic mass is 16.4. The van der Waals surface area contributed by atoms with Gasteiger partial charge in [0.05, 0.1) is 72.3 Å². The van der Waals surface area contributed by atoms with Gasteiger partial charge in [0.15, 0.2) is 0 Å². The van der Waals surface area contributed by atoms with Gasteiger partial charge in [-0.15, -0.1) is 0 Å². The Hall–Kier alpha value is -8.76. The molecule has 0 spiro atoms. The maximum Gasteiger partial charge on any atom is 0.339 e. The van der Waals surface area contributed by atoms with E-state index in [0.717, 1.165) is 18.2 Å². The number of carboxylic acids is 1. The quantitative estimate of drug-likeness (QED) is 0.0711. The van der Waals surface area contributed by atoms with E-state index in [2.05, 4.69) is 57.3 Å². The summed E-state index contributed by atoms with van der Waals surface area (Å²) in [6, 6.07) is 11.9. The number of aromatic nitrogens is 4. The Balaban J connectivity index is 0.973. The summed E-state index contributed by atoms with van der Waals surface area (Å²) >= 11 is 0. The van der Waals surface area contributed by atoms with Crippen LogP contribution in [0.2, 0.25) is 0 Å². The minimum absolute atomic E-state index is 0.0599. The van der Waals surface area contributed by atoms with Crippen molar-refractivity contribution in [2.24, 2.45) is 4.99 Å². The number of H-pyrrole nitrogens is 1. The maximum absolute atomic E-state index is 13.5. The topological polar surface area (TPSA) is 343 Å². The molecule has 3 aromatic carbocycles. The number of nitrogens with one attached hydrogen (secondary N) is 7. The SMILES string of the molecule is O=C(Nc1ccc(C(=O)N[C@@H](Cc2cn[nH]n2)C(=O)Nc2ccc(C(=O)Nc3ccc(C(=O)Nc4ccc(C(=O)O)c(O)c4CO)c(O)c3CO)nc2)cc1)C1=CC2NC=NC2C=C1. The molecule has 326 valence electrons. The number of aromatic hydroxyl groups is 2. The van der Waals surface area contributed by atoms with Crippen molar-refractivity contribution in [3.63, 3.8) is 0 Å². The van der Waals surface area contributed by atoms with Gasteiger partial charge < -0.3 is 57.4 Å². The number of amides is 5. The molecule has 2 aromatic heterocycles.